The van der Waals surface area contributed by atoms with Crippen LogP contribution >= 0.6 is 11.6 Å². The summed E-state index contributed by atoms with van der Waals surface area (Å²) in [7, 11) is 0. The Morgan fingerprint density at radius 2 is 2.00 bits per heavy atom. The van der Waals surface area contributed by atoms with Gasteiger partial charge in [0.2, 0.25) is 5.82 Å². The number of halogens is 4. The molecule has 0 saturated heterocycles. The van der Waals surface area contributed by atoms with Crippen molar-refractivity contribution < 1.29 is 23.1 Å². The van der Waals surface area contributed by atoms with Gasteiger partial charge in [0.1, 0.15) is 0 Å². The van der Waals surface area contributed by atoms with E-state index < -0.39 is 40.2 Å². The first kappa shape index (κ1) is 13.0. The molecule has 0 spiro atoms. The van der Waals surface area contributed by atoms with Gasteiger partial charge in [0.25, 0.3) is 5.91 Å². The van der Waals surface area contributed by atoms with E-state index in [1.54, 1.807) is 0 Å². The van der Waals surface area contributed by atoms with Crippen molar-refractivity contribution in [1.82, 2.24) is 5.32 Å². The largest absolute Gasteiger partial charge is 0.503 e. The molecule has 1 aliphatic carbocycles. The lowest BCUT2D eigenvalue weighted by Gasteiger charge is -2.14. The molecule has 1 fully saturated rings. The molecular formula is C11H9ClF3NO2. The lowest BCUT2D eigenvalue weighted by molar-refractivity contribution is 0.0930. The number of alkyl halides is 1. The molecule has 3 nitrogen and oxygen atoms in total. The van der Waals surface area contributed by atoms with Crippen LogP contribution in [0.4, 0.5) is 13.2 Å². The van der Waals surface area contributed by atoms with Crippen molar-refractivity contribution in [2.24, 2.45) is 0 Å². The summed E-state index contributed by atoms with van der Waals surface area (Å²) >= 11 is 5.62. The lowest BCUT2D eigenvalue weighted by Crippen LogP contribution is -2.38. The molecule has 0 aromatic heterocycles. The molecule has 0 radical (unpaired) electrons. The van der Waals surface area contributed by atoms with E-state index in [0.29, 0.717) is 18.9 Å². The quantitative estimate of drug-likeness (QED) is 0.659. The molecule has 0 atom stereocenters. The fourth-order valence-corrected chi connectivity index (χ4v) is 1.84. The molecule has 1 aliphatic rings. The van der Waals surface area contributed by atoms with Gasteiger partial charge in [0.05, 0.1) is 11.1 Å². The summed E-state index contributed by atoms with van der Waals surface area (Å²) < 4.78 is 39.3. The maximum absolute atomic E-state index is 13.4. The minimum absolute atomic E-state index is 0.149. The molecule has 98 valence electrons. The SMILES string of the molecule is O=C(NC1(CCl)CC1)c1cc(F)c(F)c(O)c1F. The predicted molar refractivity (Wildman–Crippen MR) is 58.1 cm³/mol. The standard InChI is InChI=1S/C11H9ClF3NO2/c12-4-11(1-2-11)16-10(18)5-3-6(13)8(15)9(17)7(5)14/h3,17H,1-2,4H2,(H,16,18). The van der Waals surface area contributed by atoms with Crippen molar-refractivity contribution in [2.45, 2.75) is 18.4 Å². The van der Waals surface area contributed by atoms with E-state index in [1.165, 1.54) is 0 Å². The van der Waals surface area contributed by atoms with Crippen LogP contribution in [0.3, 0.4) is 0 Å². The molecule has 1 aromatic carbocycles. The molecule has 0 unspecified atom stereocenters. The molecule has 1 amide bonds. The highest BCUT2D eigenvalue weighted by Crippen LogP contribution is 2.37. The summed E-state index contributed by atoms with van der Waals surface area (Å²) in [5.74, 6) is -6.99. The van der Waals surface area contributed by atoms with Crippen LogP contribution in [0.2, 0.25) is 0 Å². The van der Waals surface area contributed by atoms with E-state index in [1.807, 2.05) is 0 Å². The molecule has 0 aliphatic heterocycles. The average molecular weight is 280 g/mol. The molecule has 0 heterocycles. The number of aromatic hydroxyl groups is 1. The molecule has 7 heteroatoms. The van der Waals surface area contributed by atoms with Crippen molar-refractivity contribution in [3.63, 3.8) is 0 Å². The fraction of sp³-hybridized carbons (Fsp3) is 0.364. The third-order valence-corrected chi connectivity index (χ3v) is 3.38. The molecule has 2 rings (SSSR count). The fourth-order valence-electron chi connectivity index (χ4n) is 1.51. The number of hydrogen-bond acceptors (Lipinski definition) is 2. The summed E-state index contributed by atoms with van der Waals surface area (Å²) in [6.45, 7) is 0. The van der Waals surface area contributed by atoms with Gasteiger partial charge in [-0.3, -0.25) is 4.79 Å². The number of amides is 1. The average Bonchev–Trinajstić information content (AvgIpc) is 3.11. The Bertz CT molecular complexity index is 518. The summed E-state index contributed by atoms with van der Waals surface area (Å²) in [5, 5.41) is 11.4. The third kappa shape index (κ3) is 2.12. The molecule has 2 N–H and O–H groups in total. The Kier molecular flexibility index (Phi) is 3.14. The molecule has 1 aromatic rings. The van der Waals surface area contributed by atoms with E-state index in [-0.39, 0.29) is 5.88 Å². The van der Waals surface area contributed by atoms with Crippen molar-refractivity contribution in [3.8, 4) is 5.75 Å². The number of nitrogens with one attached hydrogen (secondary N) is 1. The third-order valence-electron chi connectivity index (χ3n) is 2.87. The van der Waals surface area contributed by atoms with Gasteiger partial charge in [-0.1, -0.05) is 0 Å². The number of benzene rings is 1. The Morgan fingerprint density at radius 1 is 1.39 bits per heavy atom. The van der Waals surface area contributed by atoms with Gasteiger partial charge in [0, 0.05) is 5.88 Å². The molecule has 1 saturated carbocycles. The van der Waals surface area contributed by atoms with Crippen molar-refractivity contribution in [1.29, 1.82) is 0 Å². The smallest absolute Gasteiger partial charge is 0.254 e. The van der Waals surface area contributed by atoms with Gasteiger partial charge >= 0.3 is 0 Å². The zero-order chi connectivity index (χ0) is 13.5. The topological polar surface area (TPSA) is 49.3 Å². The van der Waals surface area contributed by atoms with Gasteiger partial charge in [0.15, 0.2) is 17.4 Å². The Labute approximate surface area is 106 Å². The van der Waals surface area contributed by atoms with Crippen LogP contribution in [-0.4, -0.2) is 22.4 Å². The van der Waals surface area contributed by atoms with E-state index in [9.17, 15) is 18.0 Å². The first-order chi connectivity index (χ1) is 8.40. The number of phenolic OH excluding ortho intramolecular Hbond substituents is 1. The van der Waals surface area contributed by atoms with Crippen LogP contribution in [-0.2, 0) is 0 Å². The maximum Gasteiger partial charge on any atom is 0.254 e. The highest BCUT2D eigenvalue weighted by atomic mass is 35.5. The highest BCUT2D eigenvalue weighted by Gasteiger charge is 2.43. The maximum atomic E-state index is 13.4. The zero-order valence-corrected chi connectivity index (χ0v) is 9.82. The second-order valence-corrected chi connectivity index (χ2v) is 4.52. The van der Waals surface area contributed by atoms with E-state index in [0.717, 1.165) is 0 Å². The predicted octanol–water partition coefficient (Wildman–Crippen LogP) is 2.31. The van der Waals surface area contributed by atoms with E-state index in [4.69, 9.17) is 16.7 Å². The number of carbonyl (C=O) groups excluding carboxylic acids is 1. The first-order valence-corrected chi connectivity index (χ1v) is 5.68. The number of hydrogen-bond donors (Lipinski definition) is 2. The van der Waals surface area contributed by atoms with Crippen LogP contribution in [0.25, 0.3) is 0 Å². The van der Waals surface area contributed by atoms with Gasteiger partial charge in [-0.25, -0.2) is 8.78 Å². The monoisotopic (exact) mass is 279 g/mol. The van der Waals surface area contributed by atoms with Gasteiger partial charge in [-0.2, -0.15) is 4.39 Å². The molecule has 0 bridgehead atoms. The lowest BCUT2D eigenvalue weighted by atomic mass is 10.1. The Hall–Kier alpha value is -1.43. The van der Waals surface area contributed by atoms with Gasteiger partial charge < -0.3 is 10.4 Å². The molecule has 18 heavy (non-hydrogen) atoms. The van der Waals surface area contributed by atoms with E-state index in [2.05, 4.69) is 5.32 Å². The minimum Gasteiger partial charge on any atom is -0.503 e. The minimum atomic E-state index is -1.72. The zero-order valence-electron chi connectivity index (χ0n) is 9.07. The van der Waals surface area contributed by atoms with Crippen LogP contribution in [0.1, 0.15) is 23.2 Å². The van der Waals surface area contributed by atoms with Crippen LogP contribution in [0.15, 0.2) is 6.07 Å². The summed E-state index contributed by atoms with van der Waals surface area (Å²) in [6, 6.07) is 0.407. The first-order valence-electron chi connectivity index (χ1n) is 5.15. The number of rotatable bonds is 3. The number of carbonyl (C=O) groups is 1. The highest BCUT2D eigenvalue weighted by molar-refractivity contribution is 6.19. The summed E-state index contributed by atoms with van der Waals surface area (Å²) in [4.78, 5) is 11.7. The normalized spacial score (nSPS) is 16.4. The van der Waals surface area contributed by atoms with Gasteiger partial charge in [-0.05, 0) is 18.9 Å². The molecular weight excluding hydrogens is 271 g/mol. The van der Waals surface area contributed by atoms with Crippen molar-refractivity contribution in [2.75, 3.05) is 5.88 Å². The Morgan fingerprint density at radius 3 is 2.50 bits per heavy atom. The Balaban J connectivity index is 2.31. The second-order valence-electron chi connectivity index (χ2n) is 4.25. The van der Waals surface area contributed by atoms with Crippen molar-refractivity contribution in [3.05, 3.63) is 29.1 Å². The summed E-state index contributed by atoms with van der Waals surface area (Å²) in [5.41, 5.74) is -1.35. The summed E-state index contributed by atoms with van der Waals surface area (Å²) in [6.07, 6.45) is 1.28. The van der Waals surface area contributed by atoms with Crippen LogP contribution in [0.5, 0.6) is 5.75 Å². The van der Waals surface area contributed by atoms with Crippen LogP contribution < -0.4 is 5.32 Å². The second kappa shape index (κ2) is 4.35. The van der Waals surface area contributed by atoms with Crippen molar-refractivity contribution >= 4 is 17.5 Å². The van der Waals surface area contributed by atoms with E-state index >= 15 is 0 Å². The van der Waals surface area contributed by atoms with Crippen LogP contribution in [0, 0.1) is 17.5 Å². The van der Waals surface area contributed by atoms with Gasteiger partial charge in [-0.15, -0.1) is 11.6 Å². The number of phenols is 1.